The van der Waals surface area contributed by atoms with E-state index in [1.807, 2.05) is 0 Å². The van der Waals surface area contributed by atoms with Gasteiger partial charge in [0.1, 0.15) is 0 Å². The molecule has 6 heteroatoms. The monoisotopic (exact) mass is 278 g/mol. The first-order chi connectivity index (χ1) is 9.81. The minimum atomic E-state index is -1.52. The van der Waals surface area contributed by atoms with E-state index in [0.29, 0.717) is 13.0 Å². The molecule has 0 unspecified atom stereocenters. The molecule has 0 rings (SSSR count). The fourth-order valence-electron chi connectivity index (χ4n) is 2.34. The SMILES string of the molecule is [B]C([B])([B])C([B])([B])CCCCCCCCCCCCCO. The lowest BCUT2D eigenvalue weighted by molar-refractivity contribution is 0.282. The van der Waals surface area contributed by atoms with Gasteiger partial charge >= 0.3 is 0 Å². The van der Waals surface area contributed by atoms with Crippen molar-refractivity contribution in [2.75, 3.05) is 6.61 Å². The van der Waals surface area contributed by atoms with E-state index >= 15 is 0 Å². The van der Waals surface area contributed by atoms with Crippen molar-refractivity contribution in [1.82, 2.24) is 0 Å². The van der Waals surface area contributed by atoms with Crippen molar-refractivity contribution >= 4 is 39.2 Å². The summed E-state index contributed by atoms with van der Waals surface area (Å²) in [4.78, 5) is 0. The Labute approximate surface area is 138 Å². The molecule has 0 atom stereocenters. The predicted octanol–water partition coefficient (Wildman–Crippen LogP) is 2.69. The minimum absolute atomic E-state index is 0.326. The van der Waals surface area contributed by atoms with Gasteiger partial charge in [-0.3, -0.25) is 0 Å². The normalized spacial score (nSPS) is 12.6. The largest absolute Gasteiger partial charge is 0.396 e. The van der Waals surface area contributed by atoms with E-state index in [1.165, 1.54) is 44.9 Å². The van der Waals surface area contributed by atoms with Gasteiger partial charge in [0.15, 0.2) is 0 Å². The van der Waals surface area contributed by atoms with E-state index in [2.05, 4.69) is 0 Å². The van der Waals surface area contributed by atoms with Crippen LogP contribution in [0.15, 0.2) is 0 Å². The summed E-state index contributed by atoms with van der Waals surface area (Å²) in [7, 11) is 28.3. The van der Waals surface area contributed by atoms with Crippen LogP contribution in [0.2, 0.25) is 10.3 Å². The van der Waals surface area contributed by atoms with E-state index in [-0.39, 0.29) is 0 Å². The van der Waals surface area contributed by atoms with Crippen LogP contribution in [0.5, 0.6) is 0 Å². The van der Waals surface area contributed by atoms with Gasteiger partial charge in [-0.25, -0.2) is 0 Å². The highest BCUT2D eigenvalue weighted by atomic mass is 16.2. The maximum atomic E-state index is 8.67. The zero-order valence-electron chi connectivity index (χ0n) is 13.5. The van der Waals surface area contributed by atoms with Gasteiger partial charge in [-0.15, -0.1) is 10.3 Å². The Hall–Kier alpha value is 0.285. The molecule has 0 saturated heterocycles. The third-order valence-electron chi connectivity index (χ3n) is 4.05. The molecule has 0 aromatic carbocycles. The summed E-state index contributed by atoms with van der Waals surface area (Å²) in [5.74, 6) is 0. The van der Waals surface area contributed by atoms with Crippen LogP contribution >= 0.6 is 0 Å². The van der Waals surface area contributed by atoms with Gasteiger partial charge in [-0.05, 0) is 6.42 Å². The Balaban J connectivity index is 3.30. The fraction of sp³-hybridized carbons (Fsp3) is 1.00. The van der Waals surface area contributed by atoms with E-state index in [0.717, 1.165) is 25.7 Å². The Morgan fingerprint density at radius 3 is 1.19 bits per heavy atom. The number of aliphatic hydroxyl groups is 1. The van der Waals surface area contributed by atoms with Gasteiger partial charge < -0.3 is 5.11 Å². The Morgan fingerprint density at radius 1 is 0.524 bits per heavy atom. The molecule has 0 bridgehead atoms. The molecule has 10 radical (unpaired) electrons. The first-order valence-electron chi connectivity index (χ1n) is 8.36. The molecule has 0 aliphatic carbocycles. The van der Waals surface area contributed by atoms with E-state index in [9.17, 15) is 0 Å². The molecule has 0 saturated carbocycles. The standard InChI is InChI=1S/C15H27B5O/c16-14(17,15(18,19)20)12-10-8-6-4-2-1-3-5-7-9-11-13-21/h21H,1-13H2. The van der Waals surface area contributed by atoms with E-state index < -0.39 is 10.3 Å². The Kier molecular flexibility index (Phi) is 12.0. The number of unbranched alkanes of at least 4 members (excludes halogenated alkanes) is 10. The molecule has 0 heterocycles. The molecule has 21 heavy (non-hydrogen) atoms. The number of hydrogen-bond acceptors (Lipinski definition) is 1. The third-order valence-corrected chi connectivity index (χ3v) is 4.05. The molecule has 108 valence electrons. The molecule has 0 amide bonds. The van der Waals surface area contributed by atoms with Crippen molar-refractivity contribution in [3.8, 4) is 0 Å². The lowest BCUT2D eigenvalue weighted by Gasteiger charge is -2.42. The van der Waals surface area contributed by atoms with E-state index in [1.54, 1.807) is 0 Å². The zero-order chi connectivity index (χ0) is 16.2. The van der Waals surface area contributed by atoms with Crippen molar-refractivity contribution in [3.63, 3.8) is 0 Å². The second-order valence-corrected chi connectivity index (χ2v) is 6.34. The maximum absolute atomic E-state index is 8.67. The van der Waals surface area contributed by atoms with Gasteiger partial charge in [-0.2, -0.15) is 0 Å². The highest BCUT2D eigenvalue weighted by Crippen LogP contribution is 2.42. The first kappa shape index (κ1) is 21.3. The Morgan fingerprint density at radius 2 is 0.857 bits per heavy atom. The van der Waals surface area contributed by atoms with Crippen LogP contribution in [0.25, 0.3) is 0 Å². The molecule has 0 fully saturated rings. The summed E-state index contributed by atoms with van der Waals surface area (Å²) in [6.07, 6.45) is 13.5. The lowest BCUT2D eigenvalue weighted by Crippen LogP contribution is -2.32. The maximum Gasteiger partial charge on any atom is 0.0599 e. The van der Waals surface area contributed by atoms with Crippen LogP contribution in [0.3, 0.4) is 0 Å². The molecular weight excluding hydrogens is 250 g/mol. The predicted molar refractivity (Wildman–Crippen MR) is 96.6 cm³/mol. The minimum Gasteiger partial charge on any atom is -0.396 e. The quantitative estimate of drug-likeness (QED) is 0.382. The van der Waals surface area contributed by atoms with E-state index in [4.69, 9.17) is 44.3 Å². The van der Waals surface area contributed by atoms with Crippen LogP contribution < -0.4 is 0 Å². The van der Waals surface area contributed by atoms with Crippen LogP contribution in [0.4, 0.5) is 0 Å². The average Bonchev–Trinajstić information content (AvgIpc) is 2.38. The molecule has 0 aromatic heterocycles. The van der Waals surface area contributed by atoms with Gasteiger partial charge in [-0.1, -0.05) is 70.6 Å². The molecule has 0 aromatic rings. The zero-order valence-corrected chi connectivity index (χ0v) is 13.5. The summed E-state index contributed by atoms with van der Waals surface area (Å²) in [6, 6.07) is 0. The second-order valence-electron chi connectivity index (χ2n) is 6.34. The molecule has 0 spiro atoms. The highest BCUT2D eigenvalue weighted by Gasteiger charge is 2.29. The number of rotatable bonds is 14. The van der Waals surface area contributed by atoms with Crippen molar-refractivity contribution in [2.45, 2.75) is 87.4 Å². The van der Waals surface area contributed by atoms with Gasteiger partial charge in [0, 0.05) is 30.1 Å². The van der Waals surface area contributed by atoms with Gasteiger partial charge in [0.05, 0.1) is 15.7 Å². The molecular formula is C15H27B5O. The van der Waals surface area contributed by atoms with Crippen molar-refractivity contribution in [1.29, 1.82) is 0 Å². The van der Waals surface area contributed by atoms with Crippen molar-refractivity contribution in [2.24, 2.45) is 0 Å². The molecule has 0 aliphatic rings. The van der Waals surface area contributed by atoms with Crippen LogP contribution in [0, 0.1) is 0 Å². The summed E-state index contributed by atoms with van der Waals surface area (Å²) < 4.78 is 0. The van der Waals surface area contributed by atoms with Gasteiger partial charge in [0.25, 0.3) is 0 Å². The summed E-state index contributed by atoms with van der Waals surface area (Å²) in [5, 5.41) is 5.94. The first-order valence-corrected chi connectivity index (χ1v) is 8.36. The molecule has 0 aliphatic heterocycles. The smallest absolute Gasteiger partial charge is 0.0599 e. The van der Waals surface area contributed by atoms with Crippen LogP contribution in [-0.2, 0) is 0 Å². The summed E-state index contributed by atoms with van der Waals surface area (Å²) >= 11 is 0. The topological polar surface area (TPSA) is 20.2 Å². The van der Waals surface area contributed by atoms with Crippen LogP contribution in [-0.4, -0.2) is 50.9 Å². The van der Waals surface area contributed by atoms with Crippen LogP contribution in [0.1, 0.15) is 77.0 Å². The van der Waals surface area contributed by atoms with Crippen molar-refractivity contribution in [3.05, 3.63) is 0 Å². The highest BCUT2D eigenvalue weighted by molar-refractivity contribution is 6.67. The third kappa shape index (κ3) is 11.5. The van der Waals surface area contributed by atoms with Gasteiger partial charge in [0.2, 0.25) is 0 Å². The molecule has 1 nitrogen and oxygen atoms in total. The molecule has 1 N–H and O–H groups in total. The number of hydrogen-bond donors (Lipinski definition) is 1. The average molecular weight is 277 g/mol. The fourth-order valence-corrected chi connectivity index (χ4v) is 2.34. The summed E-state index contributed by atoms with van der Waals surface area (Å²) in [5.41, 5.74) is 0. The number of aliphatic hydroxyl groups excluding tert-OH is 1. The lowest BCUT2D eigenvalue weighted by atomic mass is 9.22. The van der Waals surface area contributed by atoms with Crippen molar-refractivity contribution < 1.29 is 5.11 Å². The summed E-state index contributed by atoms with van der Waals surface area (Å²) in [6.45, 7) is 0.326. The second kappa shape index (κ2) is 11.8. The Bertz CT molecular complexity index is 241.